The van der Waals surface area contributed by atoms with Crippen LogP contribution in [-0.4, -0.2) is 31.0 Å². The molecule has 5 aromatic rings. The van der Waals surface area contributed by atoms with Gasteiger partial charge >= 0.3 is 5.95 Å². The lowest BCUT2D eigenvalue weighted by molar-refractivity contribution is 0.261. The van der Waals surface area contributed by atoms with Crippen LogP contribution in [0.4, 0.5) is 10.1 Å². The zero-order valence-corrected chi connectivity index (χ0v) is 24.0. The van der Waals surface area contributed by atoms with Gasteiger partial charge in [0.25, 0.3) is 5.56 Å². The number of nitrogens with zero attached hydrogens (tertiary/aromatic N) is 2. The van der Waals surface area contributed by atoms with Crippen molar-refractivity contribution in [2.75, 3.05) is 17.6 Å². The molecule has 0 aliphatic heterocycles. The number of aromatic nitrogens is 2. The molecule has 12 heteroatoms. The van der Waals surface area contributed by atoms with Crippen molar-refractivity contribution in [3.8, 4) is 39.1 Å². The van der Waals surface area contributed by atoms with Crippen molar-refractivity contribution in [1.82, 2.24) is 9.72 Å². The van der Waals surface area contributed by atoms with E-state index in [1.807, 2.05) is 6.07 Å². The normalized spacial score (nSPS) is 11.7. The Bertz CT molecular complexity index is 1900. The lowest BCUT2D eigenvalue weighted by Crippen LogP contribution is -2.16. The minimum atomic E-state index is -3.57. The van der Waals surface area contributed by atoms with Crippen LogP contribution in [0.3, 0.4) is 0 Å². The van der Waals surface area contributed by atoms with E-state index < -0.39 is 10.0 Å². The maximum Gasteiger partial charge on any atom is 0.311 e. The molecule has 3 heterocycles. The molecular weight excluding hydrogens is 557 g/mol. The first-order valence-corrected chi connectivity index (χ1v) is 14.7. The Hall–Kier alpha value is -4.16. The average molecular weight is 584 g/mol. The molecule has 9 nitrogen and oxygen atoms in total. The second-order valence-electron chi connectivity index (χ2n) is 9.23. The van der Waals surface area contributed by atoms with Gasteiger partial charge in [0.15, 0.2) is 0 Å². The summed E-state index contributed by atoms with van der Waals surface area (Å²) >= 11 is 1.25. The number of rotatable bonds is 8. The Balaban J connectivity index is 1.74. The molecule has 40 heavy (non-hydrogen) atoms. The third-order valence-electron chi connectivity index (χ3n) is 6.36. The number of ether oxygens (including phenoxy) is 2. The first-order chi connectivity index (χ1) is 19.0. The van der Waals surface area contributed by atoms with Gasteiger partial charge in [0, 0.05) is 35.4 Å². The number of methoxy groups -OCH3 is 1. The van der Waals surface area contributed by atoms with Crippen molar-refractivity contribution in [1.29, 1.82) is 0 Å². The summed E-state index contributed by atoms with van der Waals surface area (Å²) in [4.78, 5) is 13.8. The van der Waals surface area contributed by atoms with E-state index >= 15 is 0 Å². The number of hydrogen-bond acceptors (Lipinski definition) is 8. The molecule has 3 aromatic heterocycles. The monoisotopic (exact) mass is 583 g/mol. The Kier molecular flexibility index (Phi) is 7.15. The molecule has 0 aliphatic rings. The summed E-state index contributed by atoms with van der Waals surface area (Å²) in [6, 6.07) is 11.1. The topological polar surface area (TPSA) is 113 Å². The van der Waals surface area contributed by atoms with Gasteiger partial charge in [-0.1, -0.05) is 5.16 Å². The van der Waals surface area contributed by atoms with Gasteiger partial charge in [0.1, 0.15) is 27.7 Å². The number of sulfonamides is 1. The van der Waals surface area contributed by atoms with Crippen LogP contribution in [0.25, 0.3) is 31.8 Å². The number of fused-ring (bicyclic) bond motifs is 1. The van der Waals surface area contributed by atoms with E-state index in [1.165, 1.54) is 35.1 Å². The van der Waals surface area contributed by atoms with Crippen LogP contribution in [0.15, 0.2) is 58.0 Å². The fourth-order valence-electron chi connectivity index (χ4n) is 4.36. The molecule has 208 valence electrons. The average Bonchev–Trinajstić information content (AvgIpc) is 3.56. The van der Waals surface area contributed by atoms with Crippen molar-refractivity contribution in [2.24, 2.45) is 7.05 Å². The second kappa shape index (κ2) is 10.4. The van der Waals surface area contributed by atoms with Crippen LogP contribution in [0.5, 0.6) is 17.4 Å². The minimum absolute atomic E-state index is 0.103. The third-order valence-corrected chi connectivity index (χ3v) is 8.81. The van der Waals surface area contributed by atoms with Crippen LogP contribution in [-0.2, 0) is 17.1 Å². The molecule has 0 bridgehead atoms. The highest BCUT2D eigenvalue weighted by Crippen LogP contribution is 2.43. The molecule has 0 saturated carbocycles. The number of pyridine rings is 1. The van der Waals surface area contributed by atoms with Gasteiger partial charge in [-0.05, 0) is 68.3 Å². The van der Waals surface area contributed by atoms with Crippen LogP contribution >= 0.6 is 11.3 Å². The van der Waals surface area contributed by atoms with E-state index in [0.29, 0.717) is 60.1 Å². The summed E-state index contributed by atoms with van der Waals surface area (Å²) in [5.74, 6) is 0.631. The third kappa shape index (κ3) is 5.19. The highest BCUT2D eigenvalue weighted by molar-refractivity contribution is 7.92. The summed E-state index contributed by atoms with van der Waals surface area (Å²) in [7, 11) is -0.459. The Morgan fingerprint density at radius 1 is 1.10 bits per heavy atom. The molecule has 0 spiro atoms. The Morgan fingerprint density at radius 2 is 1.82 bits per heavy atom. The SMILES string of the molecule is CCS(=O)(=O)Nc1ccc(Oc2c(C)cc(F)cc2C)c(-c2cn(C)c(=O)c3sc(-c4cc(OC)on4)cc23)c1. The first kappa shape index (κ1) is 27.4. The van der Waals surface area contributed by atoms with E-state index in [4.69, 9.17) is 14.0 Å². The Morgan fingerprint density at radius 3 is 2.48 bits per heavy atom. The number of halogens is 1. The predicted octanol–water partition coefficient (Wildman–Crippen LogP) is 6.24. The largest absolute Gasteiger partial charge is 0.467 e. The lowest BCUT2D eigenvalue weighted by atomic mass is 10.0. The van der Waals surface area contributed by atoms with E-state index in [9.17, 15) is 17.6 Å². The zero-order valence-electron chi connectivity index (χ0n) is 22.4. The van der Waals surface area contributed by atoms with Crippen molar-refractivity contribution in [3.05, 3.63) is 76.0 Å². The molecule has 0 unspecified atom stereocenters. The molecule has 2 aromatic carbocycles. The highest BCUT2D eigenvalue weighted by atomic mass is 32.2. The molecule has 5 rings (SSSR count). The van der Waals surface area contributed by atoms with Gasteiger partial charge in [0.05, 0.1) is 23.8 Å². The summed E-state index contributed by atoms with van der Waals surface area (Å²) in [6.07, 6.45) is 1.68. The van der Waals surface area contributed by atoms with Crippen LogP contribution < -0.4 is 19.8 Å². The number of hydrogen-bond donors (Lipinski definition) is 1. The molecular formula is C28H26FN3O6S2. The minimum Gasteiger partial charge on any atom is -0.467 e. The van der Waals surface area contributed by atoms with E-state index in [-0.39, 0.29) is 23.1 Å². The first-order valence-electron chi connectivity index (χ1n) is 12.2. The second-order valence-corrected chi connectivity index (χ2v) is 12.3. The summed E-state index contributed by atoms with van der Waals surface area (Å²) in [5.41, 5.74) is 2.98. The van der Waals surface area contributed by atoms with Crippen molar-refractivity contribution >= 4 is 37.1 Å². The molecule has 0 saturated heterocycles. The number of aryl methyl sites for hydroxylation is 3. The van der Waals surface area contributed by atoms with Crippen LogP contribution in [0.2, 0.25) is 0 Å². The number of thiophene rings is 1. The number of benzene rings is 2. The van der Waals surface area contributed by atoms with Gasteiger partial charge in [-0.15, -0.1) is 11.3 Å². The summed E-state index contributed by atoms with van der Waals surface area (Å²) in [5, 5.41) is 4.66. The molecule has 0 radical (unpaired) electrons. The van der Waals surface area contributed by atoms with E-state index in [2.05, 4.69) is 9.88 Å². The van der Waals surface area contributed by atoms with Gasteiger partial charge in [-0.25, -0.2) is 12.8 Å². The summed E-state index contributed by atoms with van der Waals surface area (Å²) < 4.78 is 59.8. The fraction of sp³-hybridized carbons (Fsp3) is 0.214. The van der Waals surface area contributed by atoms with Gasteiger partial charge in [-0.2, -0.15) is 0 Å². The van der Waals surface area contributed by atoms with Gasteiger partial charge in [0.2, 0.25) is 10.0 Å². The van der Waals surface area contributed by atoms with Crippen molar-refractivity contribution < 1.29 is 26.8 Å². The van der Waals surface area contributed by atoms with Gasteiger partial charge < -0.3 is 18.6 Å². The number of nitrogens with one attached hydrogen (secondary N) is 1. The quantitative estimate of drug-likeness (QED) is 0.230. The van der Waals surface area contributed by atoms with Crippen LogP contribution in [0.1, 0.15) is 18.1 Å². The maximum absolute atomic E-state index is 14.0. The molecule has 0 atom stereocenters. The van der Waals surface area contributed by atoms with Crippen molar-refractivity contribution in [3.63, 3.8) is 0 Å². The fourth-order valence-corrected chi connectivity index (χ4v) is 6.09. The maximum atomic E-state index is 14.0. The standard InChI is InChI=1S/C28H26FN3O6S2/c1-6-40(34,35)31-18-7-8-23(37-26-15(2)9-17(29)10-16(26)3)19(11-18)21-14-32(4)28(33)27-20(21)12-24(39-27)22-13-25(36-5)38-30-22/h7-14,31H,6H2,1-5H3. The smallest absolute Gasteiger partial charge is 0.311 e. The van der Waals surface area contributed by atoms with E-state index in [0.717, 1.165) is 0 Å². The van der Waals surface area contributed by atoms with Gasteiger partial charge in [-0.3, -0.25) is 9.52 Å². The molecule has 0 fully saturated rings. The van der Waals surface area contributed by atoms with Crippen molar-refractivity contribution in [2.45, 2.75) is 20.8 Å². The molecule has 1 N–H and O–H groups in total. The predicted molar refractivity (Wildman–Crippen MR) is 154 cm³/mol. The van der Waals surface area contributed by atoms with Crippen LogP contribution in [0, 0.1) is 19.7 Å². The highest BCUT2D eigenvalue weighted by Gasteiger charge is 2.21. The lowest BCUT2D eigenvalue weighted by Gasteiger charge is -2.18. The molecule has 0 amide bonds. The zero-order chi connectivity index (χ0) is 28.8. The Labute approximate surface area is 233 Å². The summed E-state index contributed by atoms with van der Waals surface area (Å²) in [6.45, 7) is 5.04. The number of anilines is 1. The molecule has 0 aliphatic carbocycles. The van der Waals surface area contributed by atoms with E-state index in [1.54, 1.807) is 58.3 Å².